The third kappa shape index (κ3) is 5.98. The van der Waals surface area contributed by atoms with E-state index in [1.165, 1.54) is 5.56 Å². The molecular weight excluding hydrogens is 338 g/mol. The SMILES string of the molecule is CC[C@@H](Oc1ccc(Cl)cc1)C(=O)NCCOc1ccc(C)cc1C. The quantitative estimate of drug-likeness (QED) is 0.713. The minimum absolute atomic E-state index is 0.151. The van der Waals surface area contributed by atoms with Crippen molar-refractivity contribution in [3.63, 3.8) is 0 Å². The first-order valence-electron chi connectivity index (χ1n) is 8.39. The van der Waals surface area contributed by atoms with Crippen molar-refractivity contribution in [2.24, 2.45) is 0 Å². The summed E-state index contributed by atoms with van der Waals surface area (Å²) in [6.07, 6.45) is 0.0362. The van der Waals surface area contributed by atoms with E-state index >= 15 is 0 Å². The molecule has 2 rings (SSSR count). The van der Waals surface area contributed by atoms with E-state index in [1.54, 1.807) is 24.3 Å². The fourth-order valence-corrected chi connectivity index (χ4v) is 2.54. The van der Waals surface area contributed by atoms with Gasteiger partial charge in [0.05, 0.1) is 6.54 Å². The molecule has 0 aliphatic carbocycles. The van der Waals surface area contributed by atoms with E-state index in [4.69, 9.17) is 21.1 Å². The molecule has 0 aliphatic heterocycles. The van der Waals surface area contributed by atoms with Crippen LogP contribution in [0.1, 0.15) is 24.5 Å². The molecule has 25 heavy (non-hydrogen) atoms. The van der Waals surface area contributed by atoms with E-state index in [-0.39, 0.29) is 5.91 Å². The number of aryl methyl sites for hydroxylation is 2. The molecule has 5 heteroatoms. The van der Waals surface area contributed by atoms with Crippen LogP contribution in [0.3, 0.4) is 0 Å². The normalized spacial score (nSPS) is 11.7. The molecular formula is C20H24ClNO3. The number of ether oxygens (including phenoxy) is 2. The van der Waals surface area contributed by atoms with Gasteiger partial charge in [-0.2, -0.15) is 0 Å². The summed E-state index contributed by atoms with van der Waals surface area (Å²) in [5.74, 6) is 1.31. The van der Waals surface area contributed by atoms with Crippen molar-refractivity contribution in [3.8, 4) is 11.5 Å². The van der Waals surface area contributed by atoms with E-state index < -0.39 is 6.10 Å². The lowest BCUT2D eigenvalue weighted by atomic mass is 10.1. The molecule has 134 valence electrons. The lowest BCUT2D eigenvalue weighted by Gasteiger charge is -2.17. The van der Waals surface area contributed by atoms with Gasteiger partial charge in [-0.3, -0.25) is 4.79 Å². The summed E-state index contributed by atoms with van der Waals surface area (Å²) < 4.78 is 11.4. The standard InChI is InChI=1S/C20H24ClNO3/c1-4-18(25-17-8-6-16(21)7-9-17)20(23)22-11-12-24-19-10-5-14(2)13-15(19)3/h5-10,13,18H,4,11-12H2,1-3H3,(H,22,23)/t18-/m1/s1. The molecule has 1 atom stereocenters. The molecule has 0 saturated heterocycles. The number of halogens is 1. The summed E-state index contributed by atoms with van der Waals surface area (Å²) in [6.45, 7) is 6.79. The van der Waals surface area contributed by atoms with E-state index in [2.05, 4.69) is 11.4 Å². The maximum absolute atomic E-state index is 12.3. The summed E-state index contributed by atoms with van der Waals surface area (Å²) >= 11 is 5.85. The molecule has 0 aliphatic rings. The zero-order valence-electron chi connectivity index (χ0n) is 14.8. The first kappa shape index (κ1) is 19.1. The predicted octanol–water partition coefficient (Wildman–Crippen LogP) is 4.31. The topological polar surface area (TPSA) is 47.6 Å². The average molecular weight is 362 g/mol. The summed E-state index contributed by atoms with van der Waals surface area (Å²) in [5, 5.41) is 3.48. The van der Waals surface area contributed by atoms with Crippen LogP contribution in [0, 0.1) is 13.8 Å². The summed E-state index contributed by atoms with van der Waals surface area (Å²) in [6, 6.07) is 13.0. The van der Waals surface area contributed by atoms with E-state index in [0.717, 1.165) is 11.3 Å². The first-order valence-corrected chi connectivity index (χ1v) is 8.77. The highest BCUT2D eigenvalue weighted by atomic mass is 35.5. The number of amides is 1. The maximum Gasteiger partial charge on any atom is 0.261 e. The Morgan fingerprint density at radius 1 is 1.16 bits per heavy atom. The van der Waals surface area contributed by atoms with Crippen molar-refractivity contribution in [1.29, 1.82) is 0 Å². The third-order valence-corrected chi connectivity index (χ3v) is 4.00. The number of rotatable bonds is 8. The zero-order valence-corrected chi connectivity index (χ0v) is 15.6. The van der Waals surface area contributed by atoms with Crippen LogP contribution in [0.25, 0.3) is 0 Å². The molecule has 0 bridgehead atoms. The smallest absolute Gasteiger partial charge is 0.261 e. The number of hydrogen-bond donors (Lipinski definition) is 1. The van der Waals surface area contributed by atoms with Crippen LogP contribution in [0.2, 0.25) is 5.02 Å². The Labute approximate surface area is 154 Å². The summed E-state index contributed by atoms with van der Waals surface area (Å²) in [7, 11) is 0. The fraction of sp³-hybridized carbons (Fsp3) is 0.350. The minimum atomic E-state index is -0.540. The van der Waals surface area contributed by atoms with Crippen LogP contribution in [0.15, 0.2) is 42.5 Å². The molecule has 0 aromatic heterocycles. The van der Waals surface area contributed by atoms with Gasteiger partial charge in [-0.15, -0.1) is 0 Å². The van der Waals surface area contributed by atoms with Crippen molar-refractivity contribution in [1.82, 2.24) is 5.32 Å². The van der Waals surface area contributed by atoms with Crippen LogP contribution in [0.5, 0.6) is 11.5 Å². The van der Waals surface area contributed by atoms with Gasteiger partial charge < -0.3 is 14.8 Å². The monoisotopic (exact) mass is 361 g/mol. The molecule has 0 spiro atoms. The van der Waals surface area contributed by atoms with Gasteiger partial charge in [0.25, 0.3) is 5.91 Å². The Bertz CT molecular complexity index is 701. The maximum atomic E-state index is 12.3. The van der Waals surface area contributed by atoms with E-state index in [9.17, 15) is 4.79 Å². The van der Waals surface area contributed by atoms with Crippen LogP contribution in [-0.4, -0.2) is 25.2 Å². The summed E-state index contributed by atoms with van der Waals surface area (Å²) in [4.78, 5) is 12.3. The Kier molecular flexibility index (Phi) is 7.14. The minimum Gasteiger partial charge on any atom is -0.491 e. The van der Waals surface area contributed by atoms with Crippen LogP contribution >= 0.6 is 11.6 Å². The van der Waals surface area contributed by atoms with Crippen LogP contribution in [-0.2, 0) is 4.79 Å². The Morgan fingerprint density at radius 3 is 2.52 bits per heavy atom. The van der Waals surface area contributed by atoms with Crippen molar-refractivity contribution < 1.29 is 14.3 Å². The molecule has 4 nitrogen and oxygen atoms in total. The second-order valence-electron chi connectivity index (χ2n) is 5.88. The molecule has 0 unspecified atom stereocenters. The van der Waals surface area contributed by atoms with Gasteiger partial charge in [-0.05, 0) is 56.2 Å². The van der Waals surface area contributed by atoms with Crippen molar-refractivity contribution in [2.75, 3.05) is 13.2 Å². The zero-order chi connectivity index (χ0) is 18.2. The van der Waals surface area contributed by atoms with Gasteiger partial charge in [-0.1, -0.05) is 36.2 Å². The molecule has 2 aromatic rings. The largest absolute Gasteiger partial charge is 0.491 e. The lowest BCUT2D eigenvalue weighted by Crippen LogP contribution is -2.39. The Hall–Kier alpha value is -2.20. The first-order chi connectivity index (χ1) is 12.0. The van der Waals surface area contributed by atoms with Gasteiger partial charge in [0.1, 0.15) is 18.1 Å². The number of carbonyl (C=O) groups is 1. The van der Waals surface area contributed by atoms with E-state index in [0.29, 0.717) is 30.3 Å². The second-order valence-corrected chi connectivity index (χ2v) is 6.31. The molecule has 2 aromatic carbocycles. The molecule has 0 fully saturated rings. The van der Waals surface area contributed by atoms with Crippen molar-refractivity contribution in [2.45, 2.75) is 33.3 Å². The number of benzene rings is 2. The Morgan fingerprint density at radius 2 is 1.88 bits per heavy atom. The van der Waals surface area contributed by atoms with Gasteiger partial charge in [-0.25, -0.2) is 0 Å². The molecule has 1 N–H and O–H groups in total. The third-order valence-electron chi connectivity index (χ3n) is 3.74. The predicted molar refractivity (Wildman–Crippen MR) is 101 cm³/mol. The van der Waals surface area contributed by atoms with Crippen molar-refractivity contribution in [3.05, 3.63) is 58.6 Å². The lowest BCUT2D eigenvalue weighted by molar-refractivity contribution is -0.128. The number of hydrogen-bond acceptors (Lipinski definition) is 3. The molecule has 1 amide bonds. The van der Waals surface area contributed by atoms with Gasteiger partial charge in [0, 0.05) is 5.02 Å². The van der Waals surface area contributed by atoms with Gasteiger partial charge in [0.15, 0.2) is 6.10 Å². The average Bonchev–Trinajstić information content (AvgIpc) is 2.59. The highest BCUT2D eigenvalue weighted by Crippen LogP contribution is 2.19. The molecule has 0 heterocycles. The molecule has 0 radical (unpaired) electrons. The number of nitrogens with one attached hydrogen (secondary N) is 1. The number of carbonyl (C=O) groups excluding carboxylic acids is 1. The van der Waals surface area contributed by atoms with Crippen molar-refractivity contribution >= 4 is 17.5 Å². The van der Waals surface area contributed by atoms with E-state index in [1.807, 2.05) is 32.9 Å². The van der Waals surface area contributed by atoms with Gasteiger partial charge in [0.2, 0.25) is 0 Å². The Balaban J connectivity index is 1.78. The highest BCUT2D eigenvalue weighted by molar-refractivity contribution is 6.30. The summed E-state index contributed by atoms with van der Waals surface area (Å²) in [5.41, 5.74) is 2.28. The molecule has 0 saturated carbocycles. The second kappa shape index (κ2) is 9.33. The highest BCUT2D eigenvalue weighted by Gasteiger charge is 2.17. The van der Waals surface area contributed by atoms with Crippen LogP contribution < -0.4 is 14.8 Å². The fourth-order valence-electron chi connectivity index (χ4n) is 2.41. The van der Waals surface area contributed by atoms with Crippen LogP contribution in [0.4, 0.5) is 0 Å². The van der Waals surface area contributed by atoms with Gasteiger partial charge >= 0.3 is 0 Å².